The monoisotopic (exact) mass is 334 g/mol. The Morgan fingerprint density at radius 2 is 1.87 bits per heavy atom. The zero-order valence-electron chi connectivity index (χ0n) is 13.8. The molecule has 0 radical (unpaired) electrons. The van der Waals surface area contributed by atoms with Gasteiger partial charge in [0.2, 0.25) is 0 Å². The second-order valence-electron chi connectivity index (χ2n) is 6.26. The summed E-state index contributed by atoms with van der Waals surface area (Å²) >= 11 is 0. The van der Waals surface area contributed by atoms with Crippen molar-refractivity contribution in [2.45, 2.75) is 63.8 Å². The van der Waals surface area contributed by atoms with Crippen LogP contribution in [0.5, 0.6) is 0 Å². The first kappa shape index (κ1) is 20.5. The summed E-state index contributed by atoms with van der Waals surface area (Å²) < 4.78 is 10.6. The van der Waals surface area contributed by atoms with Gasteiger partial charge in [0.25, 0.3) is 0 Å². The minimum Gasteiger partial charge on any atom is -0.396 e. The van der Waals surface area contributed by atoms with E-state index in [1.54, 1.807) is 0 Å². The summed E-state index contributed by atoms with van der Waals surface area (Å²) in [6.07, 6.45) is -1.52. The maximum absolute atomic E-state index is 9.83. The number of aliphatic hydroxyl groups is 5. The molecule has 1 aliphatic heterocycles. The zero-order chi connectivity index (χ0) is 17.4. The van der Waals surface area contributed by atoms with Gasteiger partial charge in [0.1, 0.15) is 24.4 Å². The number of allylic oxidation sites excluding steroid dienone is 1. The lowest BCUT2D eigenvalue weighted by Gasteiger charge is -2.39. The lowest BCUT2D eigenvalue weighted by molar-refractivity contribution is -0.298. The molecule has 1 heterocycles. The van der Waals surface area contributed by atoms with Crippen molar-refractivity contribution in [3.05, 3.63) is 11.6 Å². The van der Waals surface area contributed by atoms with Crippen LogP contribution < -0.4 is 0 Å². The molecule has 0 saturated carbocycles. The minimum absolute atomic E-state index is 0.197. The molecule has 0 aromatic carbocycles. The van der Waals surface area contributed by atoms with Crippen molar-refractivity contribution < 1.29 is 35.0 Å². The summed E-state index contributed by atoms with van der Waals surface area (Å²) in [4.78, 5) is 0. The van der Waals surface area contributed by atoms with Gasteiger partial charge in [-0.25, -0.2) is 0 Å². The summed E-state index contributed by atoms with van der Waals surface area (Å²) in [5.41, 5.74) is 1.12. The maximum Gasteiger partial charge on any atom is 0.187 e. The summed E-state index contributed by atoms with van der Waals surface area (Å²) in [5, 5.41) is 47.2. The van der Waals surface area contributed by atoms with Gasteiger partial charge >= 0.3 is 0 Å². The Labute approximate surface area is 137 Å². The van der Waals surface area contributed by atoms with E-state index >= 15 is 0 Å². The molecule has 7 nitrogen and oxygen atoms in total. The van der Waals surface area contributed by atoms with Gasteiger partial charge in [-0.1, -0.05) is 18.6 Å². The third-order valence-electron chi connectivity index (χ3n) is 4.12. The van der Waals surface area contributed by atoms with Gasteiger partial charge in [0.05, 0.1) is 13.2 Å². The molecule has 7 heteroatoms. The van der Waals surface area contributed by atoms with Gasteiger partial charge in [-0.2, -0.15) is 0 Å². The molecule has 136 valence electrons. The molecule has 0 amide bonds. The molecule has 0 bridgehead atoms. The van der Waals surface area contributed by atoms with Crippen molar-refractivity contribution in [2.24, 2.45) is 5.92 Å². The highest BCUT2D eigenvalue weighted by atomic mass is 16.7. The third-order valence-corrected chi connectivity index (χ3v) is 4.12. The van der Waals surface area contributed by atoms with E-state index in [0.29, 0.717) is 5.92 Å². The van der Waals surface area contributed by atoms with Crippen LogP contribution in [0.1, 0.15) is 33.1 Å². The molecule has 1 fully saturated rings. The van der Waals surface area contributed by atoms with Crippen LogP contribution in [0, 0.1) is 5.92 Å². The lowest BCUT2D eigenvalue weighted by atomic mass is 9.99. The van der Waals surface area contributed by atoms with E-state index in [-0.39, 0.29) is 13.2 Å². The topological polar surface area (TPSA) is 120 Å². The van der Waals surface area contributed by atoms with Crippen LogP contribution in [0.15, 0.2) is 11.6 Å². The Bertz CT molecular complexity index is 358. The molecule has 0 aromatic rings. The molecule has 0 aromatic heterocycles. The van der Waals surface area contributed by atoms with Crippen molar-refractivity contribution in [1.82, 2.24) is 0 Å². The summed E-state index contributed by atoms with van der Waals surface area (Å²) in [7, 11) is 0. The fourth-order valence-electron chi connectivity index (χ4n) is 2.41. The average molecular weight is 334 g/mol. The second-order valence-corrected chi connectivity index (χ2v) is 6.26. The predicted molar refractivity (Wildman–Crippen MR) is 83.6 cm³/mol. The highest BCUT2D eigenvalue weighted by molar-refractivity contribution is 4.98. The van der Waals surface area contributed by atoms with E-state index in [1.165, 1.54) is 0 Å². The van der Waals surface area contributed by atoms with Gasteiger partial charge < -0.3 is 35.0 Å². The van der Waals surface area contributed by atoms with Gasteiger partial charge in [-0.15, -0.1) is 0 Å². The highest BCUT2D eigenvalue weighted by Gasteiger charge is 2.43. The standard InChI is InChI=1S/C16H30O7/c1-10(4-3-5-11(2)8-17)6-7-22-16-15(21)14(20)13(19)12(9-18)23-16/h6,11-21H,3-5,7-9H2,1-2H3/b10-6+/t11?,12-,13-,14+,15-,16-/m1/s1. The van der Waals surface area contributed by atoms with E-state index in [4.69, 9.17) is 19.7 Å². The van der Waals surface area contributed by atoms with Crippen molar-refractivity contribution >= 4 is 0 Å². The fourth-order valence-corrected chi connectivity index (χ4v) is 2.41. The number of aliphatic hydroxyl groups excluding tert-OH is 5. The molecule has 1 unspecified atom stereocenters. The smallest absolute Gasteiger partial charge is 0.187 e. The molecule has 1 rings (SSSR count). The van der Waals surface area contributed by atoms with E-state index in [1.807, 2.05) is 19.9 Å². The largest absolute Gasteiger partial charge is 0.396 e. The van der Waals surface area contributed by atoms with Crippen molar-refractivity contribution in [2.75, 3.05) is 19.8 Å². The average Bonchev–Trinajstić information content (AvgIpc) is 2.54. The molecule has 0 spiro atoms. The predicted octanol–water partition coefficient (Wildman–Crippen LogP) is -0.452. The van der Waals surface area contributed by atoms with E-state index < -0.39 is 37.3 Å². The van der Waals surface area contributed by atoms with Gasteiger partial charge in [-0.05, 0) is 32.1 Å². The molecule has 1 aliphatic rings. The maximum atomic E-state index is 9.83. The highest BCUT2D eigenvalue weighted by Crippen LogP contribution is 2.22. The molecule has 23 heavy (non-hydrogen) atoms. The van der Waals surface area contributed by atoms with Crippen LogP contribution in [0.3, 0.4) is 0 Å². The van der Waals surface area contributed by atoms with Crippen LogP contribution >= 0.6 is 0 Å². The SMILES string of the molecule is C/C(=C\CO[C@@H]1O[C@H](CO)[C@@H](O)[C@H](O)[C@H]1O)CCCC(C)CO. The Morgan fingerprint density at radius 1 is 1.17 bits per heavy atom. The summed E-state index contributed by atoms with van der Waals surface area (Å²) in [5.74, 6) is 0.299. The third kappa shape index (κ3) is 6.46. The van der Waals surface area contributed by atoms with E-state index in [0.717, 1.165) is 24.8 Å². The number of hydrogen-bond acceptors (Lipinski definition) is 7. The van der Waals surface area contributed by atoms with Crippen LogP contribution in [0.2, 0.25) is 0 Å². The number of rotatable bonds is 9. The lowest BCUT2D eigenvalue weighted by Crippen LogP contribution is -2.59. The number of hydrogen-bond donors (Lipinski definition) is 5. The zero-order valence-corrected chi connectivity index (χ0v) is 13.8. The Balaban J connectivity index is 2.37. The molecular weight excluding hydrogens is 304 g/mol. The van der Waals surface area contributed by atoms with Crippen LogP contribution in [0.25, 0.3) is 0 Å². The fraction of sp³-hybridized carbons (Fsp3) is 0.875. The Kier molecular flexibility index (Phi) is 9.23. The van der Waals surface area contributed by atoms with Gasteiger partial charge in [0.15, 0.2) is 6.29 Å². The first-order chi connectivity index (χ1) is 10.9. The Morgan fingerprint density at radius 3 is 2.48 bits per heavy atom. The molecular formula is C16H30O7. The first-order valence-electron chi connectivity index (χ1n) is 8.09. The quantitative estimate of drug-likeness (QED) is 0.362. The molecule has 5 N–H and O–H groups in total. The molecule has 1 saturated heterocycles. The van der Waals surface area contributed by atoms with E-state index in [9.17, 15) is 15.3 Å². The molecule has 0 aliphatic carbocycles. The minimum atomic E-state index is -1.42. The van der Waals surface area contributed by atoms with Crippen molar-refractivity contribution in [3.63, 3.8) is 0 Å². The van der Waals surface area contributed by atoms with Gasteiger partial charge in [0, 0.05) is 6.61 Å². The van der Waals surface area contributed by atoms with Crippen LogP contribution in [0.4, 0.5) is 0 Å². The second kappa shape index (κ2) is 10.4. The summed E-state index contributed by atoms with van der Waals surface area (Å²) in [6, 6.07) is 0. The van der Waals surface area contributed by atoms with Crippen molar-refractivity contribution in [3.8, 4) is 0 Å². The molecule has 6 atom stereocenters. The first-order valence-corrected chi connectivity index (χ1v) is 8.09. The van der Waals surface area contributed by atoms with Gasteiger partial charge in [-0.3, -0.25) is 0 Å². The normalized spacial score (nSPS) is 33.7. The van der Waals surface area contributed by atoms with Crippen LogP contribution in [-0.2, 0) is 9.47 Å². The van der Waals surface area contributed by atoms with E-state index in [2.05, 4.69) is 0 Å². The summed E-state index contributed by atoms with van der Waals surface area (Å²) in [6.45, 7) is 3.90. The number of ether oxygens (including phenoxy) is 2. The van der Waals surface area contributed by atoms with Crippen LogP contribution in [-0.4, -0.2) is 76.1 Å². The Hall–Kier alpha value is -0.540. The van der Waals surface area contributed by atoms with Crippen molar-refractivity contribution in [1.29, 1.82) is 0 Å².